The van der Waals surface area contributed by atoms with Crippen LogP contribution in [-0.2, 0) is 0 Å². The number of aromatic nitrogens is 1. The van der Waals surface area contributed by atoms with E-state index in [-0.39, 0.29) is 0 Å². The molecule has 0 aliphatic heterocycles. The summed E-state index contributed by atoms with van der Waals surface area (Å²) in [6.07, 6.45) is -2.13. The van der Waals surface area contributed by atoms with Crippen LogP contribution in [0.2, 0.25) is 6.82 Å². The Morgan fingerprint density at radius 1 is 0.483 bits per heavy atom. The quantitative estimate of drug-likeness (QED) is 0.257. The van der Waals surface area contributed by atoms with E-state index in [4.69, 9.17) is 0 Å². The lowest BCUT2D eigenvalue weighted by Gasteiger charge is -2.41. The molecule has 0 saturated heterocycles. The third-order valence-corrected chi connectivity index (χ3v) is 4.84. The van der Waals surface area contributed by atoms with Crippen molar-refractivity contribution in [3.8, 4) is 0 Å². The molecule has 3 rings (SSSR count). The van der Waals surface area contributed by atoms with Gasteiger partial charge in [0.1, 0.15) is 23.3 Å². The molecule has 0 aliphatic carbocycles. The highest BCUT2D eigenvalue weighted by atomic mass is 19.2. The molecule has 0 fully saturated rings. The average Bonchev–Trinajstić information content (AvgIpc) is 3.23. The number of nitrogens with zero attached hydrogens (tertiary/aromatic N) is 1. The van der Waals surface area contributed by atoms with Crippen molar-refractivity contribution in [2.75, 3.05) is 0 Å². The van der Waals surface area contributed by atoms with E-state index in [1.54, 1.807) is 0 Å². The van der Waals surface area contributed by atoms with Gasteiger partial charge in [-0.1, -0.05) is 0 Å². The molecule has 1 nitrogen and oxygen atoms in total. The lowest BCUT2D eigenvalue weighted by atomic mass is 9.28. The van der Waals surface area contributed by atoms with Gasteiger partial charge < -0.3 is 4.48 Å². The molecule has 1 heterocycles. The Bertz CT molecular complexity index is 999. The lowest BCUT2D eigenvalue weighted by Crippen LogP contribution is -2.66. The zero-order chi connectivity index (χ0) is 21.8. The fourth-order valence-corrected chi connectivity index (χ4v) is 3.37. The molecular weight excluding hydrogens is 419 g/mol. The topological polar surface area (TPSA) is 4.93 Å². The summed E-state index contributed by atoms with van der Waals surface area (Å²) in [5.74, 6) is -24.7. The number of hydrogen-bond acceptors (Lipinski definition) is 0. The highest BCUT2D eigenvalue weighted by molar-refractivity contribution is 7.00. The van der Waals surface area contributed by atoms with E-state index in [1.807, 2.05) is 0 Å². The van der Waals surface area contributed by atoms with Gasteiger partial charge in [0.2, 0.25) is 0 Å². The maximum atomic E-state index is 14.5. The molecule has 0 amide bonds. The van der Waals surface area contributed by atoms with E-state index in [9.17, 15) is 43.9 Å². The van der Waals surface area contributed by atoms with Gasteiger partial charge in [-0.05, 0) is 24.5 Å². The molecule has 0 radical (unpaired) electrons. The summed E-state index contributed by atoms with van der Waals surface area (Å²) in [5, 5.41) is 0. The van der Waals surface area contributed by atoms with Crippen LogP contribution in [0.5, 0.6) is 0 Å². The Hall–Kier alpha value is -2.92. The van der Waals surface area contributed by atoms with Gasteiger partial charge in [-0.15, -0.1) is 10.9 Å². The summed E-state index contributed by atoms with van der Waals surface area (Å²) < 4.78 is 140. The number of benzene rings is 2. The molecular formula is C17H7BF10N-. The van der Waals surface area contributed by atoms with Crippen molar-refractivity contribution in [3.63, 3.8) is 0 Å². The van der Waals surface area contributed by atoms with Crippen LogP contribution < -0.4 is 10.9 Å². The van der Waals surface area contributed by atoms with Crippen LogP contribution >= 0.6 is 0 Å². The molecule has 0 unspecified atom stereocenters. The predicted octanol–water partition coefficient (Wildman–Crippen LogP) is 4.12. The van der Waals surface area contributed by atoms with Crippen molar-refractivity contribution in [2.45, 2.75) is 6.82 Å². The second kappa shape index (κ2) is 6.85. The third kappa shape index (κ3) is 2.72. The van der Waals surface area contributed by atoms with E-state index in [1.165, 1.54) is 0 Å². The Labute approximate surface area is 156 Å². The molecule has 0 N–H and O–H groups in total. The minimum atomic E-state index is -3.96. The fourth-order valence-electron chi connectivity index (χ4n) is 3.37. The largest absolute Gasteiger partial charge is 0.520 e. The van der Waals surface area contributed by atoms with E-state index < -0.39 is 75.4 Å². The zero-order valence-corrected chi connectivity index (χ0v) is 14.1. The first-order valence-corrected chi connectivity index (χ1v) is 7.82. The summed E-state index contributed by atoms with van der Waals surface area (Å²) in [6, 6.07) is 2.30. The molecule has 1 aromatic heterocycles. The molecule has 154 valence electrons. The smallest absolute Gasteiger partial charge is 0.200 e. The van der Waals surface area contributed by atoms with Crippen LogP contribution in [0.25, 0.3) is 0 Å². The van der Waals surface area contributed by atoms with Gasteiger partial charge in [0.05, 0.1) is 0 Å². The maximum Gasteiger partial charge on any atom is 0.200 e. The zero-order valence-electron chi connectivity index (χ0n) is 14.1. The molecule has 0 atom stereocenters. The van der Waals surface area contributed by atoms with Gasteiger partial charge in [-0.3, -0.25) is 0 Å². The molecule has 0 saturated carbocycles. The van der Waals surface area contributed by atoms with Gasteiger partial charge in [0.25, 0.3) is 0 Å². The first-order valence-electron chi connectivity index (χ1n) is 7.82. The van der Waals surface area contributed by atoms with Crippen molar-refractivity contribution in [3.05, 3.63) is 82.7 Å². The van der Waals surface area contributed by atoms with Crippen LogP contribution in [0.4, 0.5) is 43.9 Å². The second-order valence-electron chi connectivity index (χ2n) is 6.34. The summed E-state index contributed by atoms with van der Waals surface area (Å²) in [6.45, 7) is 0.608. The Morgan fingerprint density at radius 2 is 0.724 bits per heavy atom. The fraction of sp³-hybridized carbons (Fsp3) is 0.0588. The molecule has 29 heavy (non-hydrogen) atoms. The first kappa shape index (κ1) is 20.8. The van der Waals surface area contributed by atoms with Gasteiger partial charge in [0, 0.05) is 0 Å². The molecule has 3 aromatic rings. The standard InChI is InChI=1S/C17H7BF10N/c1-18(29-4-2-3-5-29,6-8(19)12(23)16(27)13(24)9(6)20)7-10(21)14(25)17(28)15(26)11(7)22/h2-5H,1H3/q-1. The number of rotatable bonds is 3. The number of hydrogen-bond donors (Lipinski definition) is 0. The lowest BCUT2D eigenvalue weighted by molar-refractivity contribution is 0.381. The Morgan fingerprint density at radius 3 is 1.00 bits per heavy atom. The molecule has 0 aliphatic rings. The van der Waals surface area contributed by atoms with E-state index in [0.717, 1.165) is 24.5 Å². The van der Waals surface area contributed by atoms with Crippen molar-refractivity contribution in [1.29, 1.82) is 0 Å². The summed E-state index contributed by atoms with van der Waals surface area (Å²) in [4.78, 5) is 0. The summed E-state index contributed by atoms with van der Waals surface area (Å²) in [5.41, 5.74) is -3.50. The van der Waals surface area contributed by atoms with Gasteiger partial charge in [0.15, 0.2) is 41.2 Å². The highest BCUT2D eigenvalue weighted by Crippen LogP contribution is 2.25. The van der Waals surface area contributed by atoms with Crippen LogP contribution in [0.3, 0.4) is 0 Å². The highest BCUT2D eigenvalue weighted by Gasteiger charge is 2.41. The van der Waals surface area contributed by atoms with Gasteiger partial charge >= 0.3 is 0 Å². The monoisotopic (exact) mass is 426 g/mol. The van der Waals surface area contributed by atoms with Crippen molar-refractivity contribution >= 4 is 17.2 Å². The number of halogens is 10. The Kier molecular flexibility index (Phi) is 4.92. The van der Waals surface area contributed by atoms with Crippen molar-refractivity contribution in [2.24, 2.45) is 0 Å². The van der Waals surface area contributed by atoms with Crippen LogP contribution in [0, 0.1) is 58.2 Å². The van der Waals surface area contributed by atoms with Crippen LogP contribution in [0.15, 0.2) is 24.5 Å². The normalized spacial score (nSPS) is 12.0. The molecule has 2 aromatic carbocycles. The van der Waals surface area contributed by atoms with Gasteiger partial charge in [-0.2, -0.15) is 6.82 Å². The third-order valence-electron chi connectivity index (χ3n) is 4.84. The van der Waals surface area contributed by atoms with Crippen molar-refractivity contribution < 1.29 is 43.9 Å². The molecule has 0 bridgehead atoms. The Balaban J connectivity index is 2.58. The van der Waals surface area contributed by atoms with Crippen LogP contribution in [-0.4, -0.2) is 10.8 Å². The predicted molar refractivity (Wildman–Crippen MR) is 83.2 cm³/mol. The molecule has 0 spiro atoms. The second-order valence-corrected chi connectivity index (χ2v) is 6.34. The first-order chi connectivity index (χ1) is 13.5. The average molecular weight is 426 g/mol. The van der Waals surface area contributed by atoms with Crippen molar-refractivity contribution in [1.82, 2.24) is 4.48 Å². The van der Waals surface area contributed by atoms with Gasteiger partial charge in [-0.25, -0.2) is 43.9 Å². The van der Waals surface area contributed by atoms with Crippen LogP contribution in [0.1, 0.15) is 0 Å². The minimum absolute atomic E-state index is 0.608. The summed E-state index contributed by atoms with van der Waals surface area (Å²) in [7, 11) is 0. The maximum absolute atomic E-state index is 14.5. The van der Waals surface area contributed by atoms with E-state index in [0.29, 0.717) is 11.3 Å². The molecule has 12 heteroatoms. The van der Waals surface area contributed by atoms with E-state index >= 15 is 0 Å². The SMILES string of the molecule is C[B-](c1c(F)c(F)c(F)c(F)c1F)(c1c(F)c(F)c(F)c(F)c1F)n1cccc1. The minimum Gasteiger partial charge on any atom is -0.520 e. The summed E-state index contributed by atoms with van der Waals surface area (Å²) >= 11 is 0. The van der Waals surface area contributed by atoms with E-state index in [2.05, 4.69) is 0 Å².